The van der Waals surface area contributed by atoms with E-state index in [9.17, 15) is 9.59 Å². The zero-order chi connectivity index (χ0) is 19.0. The Bertz CT molecular complexity index is 605. The number of carbonyl (C=O) groups excluding carboxylic acids is 2. The average Bonchev–Trinajstić information content (AvgIpc) is 2.73. The predicted molar refractivity (Wildman–Crippen MR) is 105 cm³/mol. The summed E-state index contributed by atoms with van der Waals surface area (Å²) in [7, 11) is 0. The molecular formula is C22H32N2O3. The molecule has 0 unspecified atom stereocenters. The van der Waals surface area contributed by atoms with Gasteiger partial charge in [0.15, 0.2) is 0 Å². The lowest BCUT2D eigenvalue weighted by Gasteiger charge is -2.38. The lowest BCUT2D eigenvalue weighted by Crippen LogP contribution is -2.44. The fraction of sp³-hybridized carbons (Fsp3) is 0.636. The van der Waals surface area contributed by atoms with E-state index >= 15 is 0 Å². The fourth-order valence-corrected chi connectivity index (χ4v) is 4.25. The van der Waals surface area contributed by atoms with Crippen LogP contribution >= 0.6 is 0 Å². The van der Waals surface area contributed by atoms with Gasteiger partial charge in [0.05, 0.1) is 0 Å². The Balaban J connectivity index is 1.46. The molecule has 0 bridgehead atoms. The van der Waals surface area contributed by atoms with E-state index in [1.807, 2.05) is 18.2 Å². The van der Waals surface area contributed by atoms with E-state index in [1.165, 1.54) is 24.8 Å². The first-order valence-electron chi connectivity index (χ1n) is 10.4. The number of rotatable bonds is 7. The third-order valence-electron chi connectivity index (χ3n) is 6.01. The smallest absolute Gasteiger partial charge is 0.220 e. The molecule has 1 saturated heterocycles. The Morgan fingerprint density at radius 2 is 1.63 bits per heavy atom. The number of benzene rings is 1. The number of nitrogens with one attached hydrogen (secondary N) is 2. The second kappa shape index (κ2) is 9.88. The topological polar surface area (TPSA) is 67.4 Å². The Morgan fingerprint density at radius 1 is 0.963 bits per heavy atom. The second-order valence-corrected chi connectivity index (χ2v) is 7.94. The second-order valence-electron chi connectivity index (χ2n) is 7.94. The first kappa shape index (κ1) is 19.9. The van der Waals surface area contributed by atoms with Crippen molar-refractivity contribution in [3.05, 3.63) is 35.9 Å². The standard InChI is InChI=1S/C22H32N2O3/c25-20(11-12-21(26)24-19-9-5-2-6-10-19)23-17-22(13-15-27-16-14-22)18-7-3-1-4-8-18/h1,3-4,7-8,19H,2,5-6,9-17H2,(H,23,25)(H,24,26). The molecule has 2 aliphatic rings. The molecular weight excluding hydrogens is 340 g/mol. The van der Waals surface area contributed by atoms with Gasteiger partial charge in [0, 0.05) is 44.1 Å². The van der Waals surface area contributed by atoms with Crippen LogP contribution in [0.3, 0.4) is 0 Å². The fourth-order valence-electron chi connectivity index (χ4n) is 4.25. The largest absolute Gasteiger partial charge is 0.381 e. The number of amides is 2. The van der Waals surface area contributed by atoms with Crippen molar-refractivity contribution >= 4 is 11.8 Å². The van der Waals surface area contributed by atoms with Crippen LogP contribution in [0, 0.1) is 0 Å². The quantitative estimate of drug-likeness (QED) is 0.773. The summed E-state index contributed by atoms with van der Waals surface area (Å²) in [6.07, 6.45) is 8.11. The zero-order valence-corrected chi connectivity index (χ0v) is 16.2. The number of ether oxygens (including phenoxy) is 1. The van der Waals surface area contributed by atoms with Crippen molar-refractivity contribution < 1.29 is 14.3 Å². The minimum Gasteiger partial charge on any atom is -0.381 e. The molecule has 0 aromatic heterocycles. The van der Waals surface area contributed by atoms with Gasteiger partial charge in [-0.2, -0.15) is 0 Å². The lowest BCUT2D eigenvalue weighted by molar-refractivity contribution is -0.127. The highest BCUT2D eigenvalue weighted by Gasteiger charge is 2.34. The molecule has 1 aromatic carbocycles. The number of hydrogen-bond donors (Lipinski definition) is 2. The van der Waals surface area contributed by atoms with Crippen molar-refractivity contribution in [3.8, 4) is 0 Å². The molecule has 1 aromatic rings. The Morgan fingerprint density at radius 3 is 2.33 bits per heavy atom. The van der Waals surface area contributed by atoms with Crippen LogP contribution in [0.25, 0.3) is 0 Å². The Hall–Kier alpha value is -1.88. The van der Waals surface area contributed by atoms with Gasteiger partial charge in [-0.25, -0.2) is 0 Å². The highest BCUT2D eigenvalue weighted by Crippen LogP contribution is 2.34. The molecule has 3 rings (SSSR count). The molecule has 2 N–H and O–H groups in total. The molecule has 5 heteroatoms. The maximum atomic E-state index is 12.3. The van der Waals surface area contributed by atoms with E-state index in [0.29, 0.717) is 25.8 Å². The summed E-state index contributed by atoms with van der Waals surface area (Å²) in [6.45, 7) is 2.03. The molecule has 0 spiro atoms. The van der Waals surface area contributed by atoms with Crippen molar-refractivity contribution in [2.45, 2.75) is 69.2 Å². The van der Waals surface area contributed by atoms with Gasteiger partial charge in [0.2, 0.25) is 11.8 Å². The summed E-state index contributed by atoms with van der Waals surface area (Å²) < 4.78 is 5.54. The maximum Gasteiger partial charge on any atom is 0.220 e. The van der Waals surface area contributed by atoms with Crippen molar-refractivity contribution in [3.63, 3.8) is 0 Å². The van der Waals surface area contributed by atoms with Crippen molar-refractivity contribution in [2.24, 2.45) is 0 Å². The summed E-state index contributed by atoms with van der Waals surface area (Å²) in [5, 5.41) is 6.15. The highest BCUT2D eigenvalue weighted by atomic mass is 16.5. The van der Waals surface area contributed by atoms with Gasteiger partial charge in [-0.3, -0.25) is 9.59 Å². The third-order valence-corrected chi connectivity index (χ3v) is 6.01. The highest BCUT2D eigenvalue weighted by molar-refractivity contribution is 5.83. The molecule has 0 radical (unpaired) electrons. The maximum absolute atomic E-state index is 12.3. The summed E-state index contributed by atoms with van der Waals surface area (Å²) in [6, 6.07) is 10.7. The summed E-state index contributed by atoms with van der Waals surface area (Å²) in [4.78, 5) is 24.4. The molecule has 1 aliphatic carbocycles. The van der Waals surface area contributed by atoms with Gasteiger partial charge in [-0.1, -0.05) is 49.6 Å². The summed E-state index contributed by atoms with van der Waals surface area (Å²) >= 11 is 0. The van der Waals surface area contributed by atoms with Crippen LogP contribution in [0.2, 0.25) is 0 Å². The summed E-state index contributed by atoms with van der Waals surface area (Å²) in [5.41, 5.74) is 1.18. The molecule has 27 heavy (non-hydrogen) atoms. The van der Waals surface area contributed by atoms with Gasteiger partial charge >= 0.3 is 0 Å². The van der Waals surface area contributed by atoms with Crippen molar-refractivity contribution in [2.75, 3.05) is 19.8 Å². The van der Waals surface area contributed by atoms with Gasteiger partial charge < -0.3 is 15.4 Å². The van der Waals surface area contributed by atoms with Crippen LogP contribution in [0.15, 0.2) is 30.3 Å². The Kier molecular flexibility index (Phi) is 7.27. The molecule has 1 saturated carbocycles. The van der Waals surface area contributed by atoms with E-state index < -0.39 is 0 Å². The molecule has 1 heterocycles. The molecule has 1 aliphatic heterocycles. The van der Waals surface area contributed by atoms with Crippen LogP contribution in [0.1, 0.15) is 63.4 Å². The third kappa shape index (κ3) is 5.80. The number of hydrogen-bond acceptors (Lipinski definition) is 3. The van der Waals surface area contributed by atoms with Crippen LogP contribution in [-0.4, -0.2) is 37.6 Å². The van der Waals surface area contributed by atoms with Crippen LogP contribution < -0.4 is 10.6 Å². The van der Waals surface area contributed by atoms with E-state index in [0.717, 1.165) is 25.7 Å². The molecule has 148 valence electrons. The minimum atomic E-state index is -0.0699. The van der Waals surface area contributed by atoms with E-state index in [1.54, 1.807) is 0 Å². The van der Waals surface area contributed by atoms with Crippen molar-refractivity contribution in [1.29, 1.82) is 0 Å². The van der Waals surface area contributed by atoms with E-state index in [2.05, 4.69) is 22.8 Å². The first-order chi connectivity index (χ1) is 13.2. The first-order valence-corrected chi connectivity index (χ1v) is 10.4. The van der Waals surface area contributed by atoms with Gasteiger partial charge in [-0.05, 0) is 31.2 Å². The predicted octanol–water partition coefficient (Wildman–Crippen LogP) is 3.08. The van der Waals surface area contributed by atoms with E-state index in [-0.39, 0.29) is 30.1 Å². The van der Waals surface area contributed by atoms with Gasteiger partial charge in [-0.15, -0.1) is 0 Å². The zero-order valence-electron chi connectivity index (χ0n) is 16.2. The van der Waals surface area contributed by atoms with Gasteiger partial charge in [0.25, 0.3) is 0 Å². The minimum absolute atomic E-state index is 0.000823. The van der Waals surface area contributed by atoms with Crippen LogP contribution in [0.5, 0.6) is 0 Å². The van der Waals surface area contributed by atoms with Gasteiger partial charge in [0.1, 0.15) is 0 Å². The SMILES string of the molecule is O=C(CCC(=O)NC1CCCCC1)NCC1(c2ccccc2)CCOCC1. The lowest BCUT2D eigenvalue weighted by atomic mass is 9.74. The monoisotopic (exact) mass is 372 g/mol. The normalized spacial score (nSPS) is 20.0. The molecule has 2 fully saturated rings. The van der Waals surface area contributed by atoms with Crippen LogP contribution in [-0.2, 0) is 19.7 Å². The number of carbonyl (C=O) groups is 2. The van der Waals surface area contributed by atoms with E-state index in [4.69, 9.17) is 4.74 Å². The van der Waals surface area contributed by atoms with Crippen LogP contribution in [0.4, 0.5) is 0 Å². The average molecular weight is 373 g/mol. The molecule has 0 atom stereocenters. The molecule has 5 nitrogen and oxygen atoms in total. The van der Waals surface area contributed by atoms with Crippen molar-refractivity contribution in [1.82, 2.24) is 10.6 Å². The summed E-state index contributed by atoms with van der Waals surface area (Å²) in [5.74, 6) is -0.0449. The molecule has 2 amide bonds. The Labute approximate surface area is 162 Å².